The smallest absolute Gasteiger partial charge is 0.293 e. The molecule has 2 aromatic carbocycles. The van der Waals surface area contributed by atoms with Crippen molar-refractivity contribution in [3.8, 4) is 0 Å². The average molecular weight is 504 g/mol. The maximum atomic E-state index is 14.7. The lowest BCUT2D eigenvalue weighted by atomic mass is 10.1. The minimum atomic E-state index is -2.66. The molecule has 0 bridgehead atoms. The fraction of sp³-hybridized carbons (Fsp3) is 0.348. The largest absolute Gasteiger partial charge is 0.368 e. The van der Waals surface area contributed by atoms with Gasteiger partial charge in [0.2, 0.25) is 5.79 Å². The molecule has 0 aliphatic carbocycles. The third-order valence-corrected chi connectivity index (χ3v) is 7.14. The summed E-state index contributed by atoms with van der Waals surface area (Å²) in [4.78, 5) is 19.2. The van der Waals surface area contributed by atoms with Gasteiger partial charge in [0.05, 0.1) is 16.8 Å². The monoisotopic (exact) mass is 503 g/mol. The molecule has 0 spiro atoms. The summed E-state index contributed by atoms with van der Waals surface area (Å²) in [6.45, 7) is 4.54. The Morgan fingerprint density at radius 3 is 2.51 bits per heavy atom. The number of nitrogens with one attached hydrogen (secondary N) is 2. The summed E-state index contributed by atoms with van der Waals surface area (Å²) in [5.41, 5.74) is 7.48. The Kier molecular flexibility index (Phi) is 7.64. The van der Waals surface area contributed by atoms with Crippen molar-refractivity contribution in [1.29, 1.82) is 0 Å². The number of hydrogen-bond acceptors (Lipinski definition) is 9. The number of anilines is 2. The normalized spacial score (nSPS) is 17.9. The average Bonchev–Trinajstić information content (AvgIpc) is 2.79. The summed E-state index contributed by atoms with van der Waals surface area (Å²) < 4.78 is 27.4. The Hall–Kier alpha value is -3.27. The minimum absolute atomic E-state index is 0.0850. The molecule has 188 valence electrons. The van der Waals surface area contributed by atoms with Crippen molar-refractivity contribution in [2.75, 3.05) is 57.8 Å². The molecule has 1 unspecified atom stereocenters. The topological polar surface area (TPSA) is 129 Å². The van der Waals surface area contributed by atoms with Crippen molar-refractivity contribution in [3.63, 3.8) is 0 Å². The van der Waals surface area contributed by atoms with Crippen LogP contribution in [0, 0.1) is 10.1 Å². The van der Waals surface area contributed by atoms with Crippen LogP contribution in [0.2, 0.25) is 0 Å². The Morgan fingerprint density at radius 2 is 1.89 bits per heavy atom. The first kappa shape index (κ1) is 26.3. The summed E-state index contributed by atoms with van der Waals surface area (Å²) in [5, 5.41) is 18.1. The Balaban J connectivity index is 1.93. The lowest BCUT2D eigenvalue weighted by Crippen LogP contribution is -2.51. The number of aliphatic imine (C=N–C) groups is 1. The molecule has 0 saturated carbocycles. The van der Waals surface area contributed by atoms with Gasteiger partial charge in [-0.2, -0.15) is 0 Å². The molecule has 2 aromatic rings. The van der Waals surface area contributed by atoms with Crippen LogP contribution in [0.5, 0.6) is 0 Å². The quantitative estimate of drug-likeness (QED) is 0.271. The van der Waals surface area contributed by atoms with Crippen LogP contribution in [0.1, 0.15) is 5.56 Å². The van der Waals surface area contributed by atoms with E-state index in [0.29, 0.717) is 29.8 Å². The maximum absolute atomic E-state index is 14.7. The zero-order valence-corrected chi connectivity index (χ0v) is 21.3. The van der Waals surface area contributed by atoms with E-state index in [2.05, 4.69) is 15.6 Å². The molecule has 1 atom stereocenters. The van der Waals surface area contributed by atoms with Crippen molar-refractivity contribution in [2.24, 2.45) is 10.7 Å². The number of para-hydroxylation sites is 1. The fourth-order valence-corrected chi connectivity index (χ4v) is 4.78. The van der Waals surface area contributed by atoms with Gasteiger partial charge < -0.3 is 25.0 Å². The number of likely N-dealkylation sites (N-methyl/N-ethyl adjacent to an activating group) is 2. The van der Waals surface area contributed by atoms with Crippen LogP contribution < -0.4 is 26.6 Å². The van der Waals surface area contributed by atoms with Gasteiger partial charge in [0.15, 0.2) is 5.83 Å². The first-order valence-electron chi connectivity index (χ1n) is 10.9. The highest BCUT2D eigenvalue weighted by Gasteiger charge is 2.34. The predicted octanol–water partition coefficient (Wildman–Crippen LogP) is 2.83. The van der Waals surface area contributed by atoms with E-state index in [1.54, 1.807) is 61.7 Å². The molecule has 0 aromatic heterocycles. The van der Waals surface area contributed by atoms with Gasteiger partial charge in [0.1, 0.15) is 18.7 Å². The van der Waals surface area contributed by atoms with E-state index < -0.39 is 23.7 Å². The maximum Gasteiger partial charge on any atom is 0.293 e. The van der Waals surface area contributed by atoms with Gasteiger partial charge in [-0.1, -0.05) is 18.2 Å². The van der Waals surface area contributed by atoms with Gasteiger partial charge >= 0.3 is 0 Å². The Bertz CT molecular complexity index is 1230. The van der Waals surface area contributed by atoms with Crippen LogP contribution in [0.3, 0.4) is 0 Å². The van der Waals surface area contributed by atoms with Crippen LogP contribution in [0.4, 0.5) is 21.5 Å². The van der Waals surface area contributed by atoms with Crippen molar-refractivity contribution in [2.45, 2.75) is 5.79 Å². The third-order valence-electron chi connectivity index (χ3n) is 5.59. The summed E-state index contributed by atoms with van der Waals surface area (Å²) in [6.07, 6.45) is 0.960. The van der Waals surface area contributed by atoms with E-state index in [1.165, 1.54) is 6.07 Å². The number of nitro groups is 1. The number of allylic oxidation sites excluding steroid dienone is 1. The Labute approximate surface area is 204 Å². The molecule has 0 radical (unpaired) electrons. The van der Waals surface area contributed by atoms with E-state index in [4.69, 9.17) is 5.73 Å². The van der Waals surface area contributed by atoms with Crippen LogP contribution in [0.25, 0.3) is 0 Å². The van der Waals surface area contributed by atoms with E-state index in [9.17, 15) is 19.1 Å². The standard InChI is InChI=1S/C23H31FN7O3P/c1-29(2)12-13-30(3)19-11-10-16(14-20(19)31(32)33)23(25)26-15-17(24)22(28-23)27-18-8-6-7-9-21(18)35(4,5)34/h6-11,14-15,27-28H,12-13,25H2,1-5H3. The zero-order chi connectivity index (χ0) is 26.0. The zero-order valence-electron chi connectivity index (χ0n) is 20.4. The molecule has 10 nitrogen and oxygen atoms in total. The lowest BCUT2D eigenvalue weighted by Gasteiger charge is -2.33. The van der Waals surface area contributed by atoms with Crippen LogP contribution in [-0.2, 0) is 10.4 Å². The lowest BCUT2D eigenvalue weighted by molar-refractivity contribution is -0.384. The molecular weight excluding hydrogens is 472 g/mol. The molecule has 0 amide bonds. The third kappa shape index (κ3) is 6.05. The summed E-state index contributed by atoms with van der Waals surface area (Å²) in [5.74, 6) is -2.46. The van der Waals surface area contributed by atoms with E-state index in [0.717, 1.165) is 6.21 Å². The number of nitrogens with zero attached hydrogens (tertiary/aromatic N) is 4. The Morgan fingerprint density at radius 1 is 1.20 bits per heavy atom. The van der Waals surface area contributed by atoms with Crippen LogP contribution >= 0.6 is 7.14 Å². The number of nitrogens with two attached hydrogens (primary N) is 1. The minimum Gasteiger partial charge on any atom is -0.368 e. The fourth-order valence-electron chi connectivity index (χ4n) is 3.63. The van der Waals surface area contributed by atoms with Crippen LogP contribution in [-0.4, -0.2) is 63.6 Å². The van der Waals surface area contributed by atoms with Gasteiger partial charge in [-0.15, -0.1) is 0 Å². The van der Waals surface area contributed by atoms with Crippen molar-refractivity contribution < 1.29 is 13.9 Å². The number of halogens is 1. The first-order valence-corrected chi connectivity index (χ1v) is 13.5. The van der Waals surface area contributed by atoms with Gasteiger partial charge in [-0.25, -0.2) is 9.38 Å². The van der Waals surface area contributed by atoms with E-state index in [1.807, 2.05) is 19.0 Å². The summed E-state index contributed by atoms with van der Waals surface area (Å²) in [7, 11) is 2.96. The predicted molar refractivity (Wildman–Crippen MR) is 140 cm³/mol. The highest BCUT2D eigenvalue weighted by Crippen LogP contribution is 2.38. The first-order chi connectivity index (χ1) is 16.3. The van der Waals surface area contributed by atoms with Crippen LogP contribution in [0.15, 0.2) is 59.1 Å². The molecular formula is C23H31FN7O3P. The summed E-state index contributed by atoms with van der Waals surface area (Å²) >= 11 is 0. The second-order valence-electron chi connectivity index (χ2n) is 9.05. The number of hydrogen-bond donors (Lipinski definition) is 3. The SMILES string of the molecule is CN(C)CCN(C)c1ccc(C2(N)N=CC(F)=C(Nc3ccccc3P(C)(C)=O)N2)cc1[N+](=O)[O-]. The molecule has 0 saturated heterocycles. The van der Waals surface area contributed by atoms with Gasteiger partial charge in [0, 0.05) is 37.1 Å². The van der Waals surface area contributed by atoms with Crippen molar-refractivity contribution >= 4 is 35.7 Å². The van der Waals surface area contributed by atoms with Gasteiger partial charge in [0.25, 0.3) is 5.69 Å². The van der Waals surface area contributed by atoms with Crippen molar-refractivity contribution in [3.05, 3.63) is 69.8 Å². The molecule has 3 rings (SSSR count). The summed E-state index contributed by atoms with van der Waals surface area (Å²) in [6, 6.07) is 11.5. The molecule has 1 heterocycles. The van der Waals surface area contributed by atoms with Gasteiger partial charge in [-0.3, -0.25) is 15.8 Å². The molecule has 1 aliphatic rings. The second-order valence-corrected chi connectivity index (χ2v) is 12.2. The number of nitro benzene ring substituents is 1. The highest BCUT2D eigenvalue weighted by molar-refractivity contribution is 7.70. The molecule has 12 heteroatoms. The van der Waals surface area contributed by atoms with E-state index >= 15 is 0 Å². The molecule has 35 heavy (non-hydrogen) atoms. The molecule has 0 fully saturated rings. The van der Waals surface area contributed by atoms with Gasteiger partial charge in [-0.05, 0) is 45.6 Å². The number of benzene rings is 2. The van der Waals surface area contributed by atoms with Crippen molar-refractivity contribution in [1.82, 2.24) is 10.2 Å². The van der Waals surface area contributed by atoms with E-state index in [-0.39, 0.29) is 17.1 Å². The molecule has 4 N–H and O–H groups in total. The molecule has 1 aliphatic heterocycles. The second kappa shape index (κ2) is 10.2. The highest BCUT2D eigenvalue weighted by atomic mass is 31.2. The number of rotatable bonds is 9.